The lowest BCUT2D eigenvalue weighted by atomic mass is 10.3. The van der Waals surface area contributed by atoms with Crippen molar-refractivity contribution in [3.05, 3.63) is 0 Å². The molecule has 0 radical (unpaired) electrons. The molecule has 0 aromatic rings. The molecular formula is C9H19N3O3S. The third kappa shape index (κ3) is 2.53. The molecular weight excluding hydrogens is 230 g/mol. The molecule has 0 aromatic heterocycles. The number of hydrogen-bond acceptors (Lipinski definition) is 4. The zero-order chi connectivity index (χ0) is 12.5. The van der Waals surface area contributed by atoms with Gasteiger partial charge in [-0.15, -0.1) is 0 Å². The molecule has 0 aromatic carbocycles. The van der Waals surface area contributed by atoms with E-state index in [0.717, 1.165) is 0 Å². The summed E-state index contributed by atoms with van der Waals surface area (Å²) in [6.45, 7) is 2.14. The maximum absolute atomic E-state index is 12.0. The number of carbonyl (C=O) groups is 1. The topological polar surface area (TPSA) is 83.7 Å². The first-order chi connectivity index (χ1) is 7.26. The summed E-state index contributed by atoms with van der Waals surface area (Å²) in [6.07, 6.45) is 0.655. The fourth-order valence-electron chi connectivity index (χ4n) is 1.70. The molecule has 0 spiro atoms. The maximum Gasteiger partial charge on any atom is 0.241 e. The molecule has 1 rings (SSSR count). The van der Waals surface area contributed by atoms with Gasteiger partial charge >= 0.3 is 0 Å². The highest BCUT2D eigenvalue weighted by atomic mass is 32.2. The van der Waals surface area contributed by atoms with Crippen LogP contribution in [0.3, 0.4) is 0 Å². The van der Waals surface area contributed by atoms with Gasteiger partial charge in [0.25, 0.3) is 0 Å². The zero-order valence-corrected chi connectivity index (χ0v) is 10.7. The van der Waals surface area contributed by atoms with Crippen LogP contribution in [-0.2, 0) is 14.8 Å². The van der Waals surface area contributed by atoms with Gasteiger partial charge in [0.15, 0.2) is 5.25 Å². The standard InChI is InChI=1S/C9H19N3O3S/c1-7(9(13)11(2)3)16(14,15)12-5-4-8(10)6-12/h7-8H,4-6,10H2,1-3H3/t7?,8-/m0/s1. The molecule has 1 aliphatic heterocycles. The van der Waals surface area contributed by atoms with Crippen LogP contribution in [0.2, 0.25) is 0 Å². The van der Waals surface area contributed by atoms with Gasteiger partial charge in [-0.25, -0.2) is 8.42 Å². The summed E-state index contributed by atoms with van der Waals surface area (Å²) in [6, 6.07) is -0.114. The van der Waals surface area contributed by atoms with Gasteiger partial charge in [0, 0.05) is 33.2 Å². The van der Waals surface area contributed by atoms with Gasteiger partial charge in [0.05, 0.1) is 0 Å². The van der Waals surface area contributed by atoms with Crippen molar-refractivity contribution in [1.82, 2.24) is 9.21 Å². The summed E-state index contributed by atoms with van der Waals surface area (Å²) in [5.41, 5.74) is 5.66. The Balaban J connectivity index is 2.82. The molecule has 1 aliphatic rings. The van der Waals surface area contributed by atoms with Crippen LogP contribution in [0.1, 0.15) is 13.3 Å². The average molecular weight is 249 g/mol. The van der Waals surface area contributed by atoms with Crippen molar-refractivity contribution in [3.63, 3.8) is 0 Å². The Labute approximate surface area is 96.4 Å². The highest BCUT2D eigenvalue weighted by Gasteiger charge is 2.37. The molecule has 2 atom stereocenters. The second-order valence-electron chi connectivity index (χ2n) is 4.33. The quantitative estimate of drug-likeness (QED) is 0.683. The fraction of sp³-hybridized carbons (Fsp3) is 0.889. The summed E-state index contributed by atoms with van der Waals surface area (Å²) in [7, 11) is -0.462. The number of rotatable bonds is 3. The van der Waals surface area contributed by atoms with Crippen LogP contribution in [0.5, 0.6) is 0 Å². The van der Waals surface area contributed by atoms with E-state index in [1.54, 1.807) is 14.1 Å². The van der Waals surface area contributed by atoms with E-state index >= 15 is 0 Å². The fourth-order valence-corrected chi connectivity index (χ4v) is 3.37. The molecule has 94 valence electrons. The van der Waals surface area contributed by atoms with Crippen molar-refractivity contribution < 1.29 is 13.2 Å². The van der Waals surface area contributed by atoms with E-state index in [9.17, 15) is 13.2 Å². The van der Waals surface area contributed by atoms with Gasteiger partial charge in [-0.2, -0.15) is 4.31 Å². The van der Waals surface area contributed by atoms with Crippen LogP contribution in [0.15, 0.2) is 0 Å². The number of carbonyl (C=O) groups excluding carboxylic acids is 1. The molecule has 0 saturated carbocycles. The van der Waals surface area contributed by atoms with E-state index in [2.05, 4.69) is 0 Å². The minimum absolute atomic E-state index is 0.114. The molecule has 1 heterocycles. The van der Waals surface area contributed by atoms with Gasteiger partial charge < -0.3 is 10.6 Å². The molecule has 1 amide bonds. The smallest absolute Gasteiger partial charge is 0.241 e. The van der Waals surface area contributed by atoms with Crippen molar-refractivity contribution in [2.45, 2.75) is 24.6 Å². The normalized spacial score (nSPS) is 24.4. The van der Waals surface area contributed by atoms with Crippen LogP contribution >= 0.6 is 0 Å². The maximum atomic E-state index is 12.0. The molecule has 1 fully saturated rings. The van der Waals surface area contributed by atoms with Crippen LogP contribution in [0.25, 0.3) is 0 Å². The monoisotopic (exact) mass is 249 g/mol. The number of sulfonamides is 1. The average Bonchev–Trinajstić information content (AvgIpc) is 2.62. The minimum atomic E-state index is -3.55. The number of nitrogens with zero attached hydrogens (tertiary/aromatic N) is 2. The third-order valence-electron chi connectivity index (χ3n) is 2.78. The van der Waals surface area contributed by atoms with Gasteiger partial charge in [0.1, 0.15) is 0 Å². The van der Waals surface area contributed by atoms with Crippen LogP contribution in [-0.4, -0.2) is 62.0 Å². The number of amides is 1. The van der Waals surface area contributed by atoms with Crippen molar-refractivity contribution in [2.75, 3.05) is 27.2 Å². The third-order valence-corrected chi connectivity index (χ3v) is 4.93. The van der Waals surface area contributed by atoms with Gasteiger partial charge in [-0.05, 0) is 13.3 Å². The predicted molar refractivity (Wildman–Crippen MR) is 61.2 cm³/mol. The molecule has 7 heteroatoms. The molecule has 0 aliphatic carbocycles. The van der Waals surface area contributed by atoms with E-state index in [1.165, 1.54) is 16.1 Å². The molecule has 1 saturated heterocycles. The van der Waals surface area contributed by atoms with Crippen LogP contribution in [0, 0.1) is 0 Å². The summed E-state index contributed by atoms with van der Waals surface area (Å²) in [5.74, 6) is -0.402. The Morgan fingerprint density at radius 1 is 1.50 bits per heavy atom. The highest BCUT2D eigenvalue weighted by molar-refractivity contribution is 7.90. The van der Waals surface area contributed by atoms with Gasteiger partial charge in [-0.3, -0.25) is 4.79 Å². The Kier molecular flexibility index (Phi) is 3.92. The molecule has 1 unspecified atom stereocenters. The van der Waals surface area contributed by atoms with Gasteiger partial charge in [-0.1, -0.05) is 0 Å². The van der Waals surface area contributed by atoms with Crippen molar-refractivity contribution in [3.8, 4) is 0 Å². The second-order valence-corrected chi connectivity index (χ2v) is 6.58. The first-order valence-electron chi connectivity index (χ1n) is 5.22. The van der Waals surface area contributed by atoms with Crippen LogP contribution in [0.4, 0.5) is 0 Å². The van der Waals surface area contributed by atoms with Crippen LogP contribution < -0.4 is 5.73 Å². The lowest BCUT2D eigenvalue weighted by molar-refractivity contribution is -0.128. The number of nitrogens with two attached hydrogens (primary N) is 1. The summed E-state index contributed by atoms with van der Waals surface area (Å²) in [4.78, 5) is 12.9. The Hall–Kier alpha value is -0.660. The summed E-state index contributed by atoms with van der Waals surface area (Å²) in [5, 5.41) is -1.03. The minimum Gasteiger partial charge on any atom is -0.348 e. The Morgan fingerprint density at radius 3 is 2.44 bits per heavy atom. The largest absolute Gasteiger partial charge is 0.348 e. The SMILES string of the molecule is CC(C(=O)N(C)C)S(=O)(=O)N1CC[C@H](N)C1. The molecule has 16 heavy (non-hydrogen) atoms. The van der Waals surface area contributed by atoms with E-state index in [4.69, 9.17) is 5.73 Å². The van der Waals surface area contributed by atoms with Crippen molar-refractivity contribution in [2.24, 2.45) is 5.73 Å². The summed E-state index contributed by atoms with van der Waals surface area (Å²) < 4.78 is 25.4. The van der Waals surface area contributed by atoms with Crippen molar-refractivity contribution in [1.29, 1.82) is 0 Å². The first kappa shape index (κ1) is 13.4. The molecule has 2 N–H and O–H groups in total. The molecule has 6 nitrogen and oxygen atoms in total. The predicted octanol–water partition coefficient (Wildman–Crippen LogP) is -1.17. The molecule has 0 bridgehead atoms. The number of hydrogen-bond donors (Lipinski definition) is 1. The lowest BCUT2D eigenvalue weighted by Crippen LogP contribution is -2.45. The van der Waals surface area contributed by atoms with Crippen molar-refractivity contribution >= 4 is 15.9 Å². The summed E-state index contributed by atoms with van der Waals surface area (Å²) >= 11 is 0. The Morgan fingerprint density at radius 2 is 2.06 bits per heavy atom. The zero-order valence-electron chi connectivity index (χ0n) is 9.88. The van der Waals surface area contributed by atoms with E-state index in [0.29, 0.717) is 19.5 Å². The second kappa shape index (κ2) is 4.68. The lowest BCUT2D eigenvalue weighted by Gasteiger charge is -2.22. The van der Waals surface area contributed by atoms with E-state index < -0.39 is 21.2 Å². The van der Waals surface area contributed by atoms with E-state index in [-0.39, 0.29) is 6.04 Å². The van der Waals surface area contributed by atoms with Gasteiger partial charge in [0.2, 0.25) is 15.9 Å². The highest BCUT2D eigenvalue weighted by Crippen LogP contribution is 2.17. The Bertz CT molecular complexity index is 366. The van der Waals surface area contributed by atoms with E-state index in [1.807, 2.05) is 0 Å². The first-order valence-corrected chi connectivity index (χ1v) is 6.73.